The van der Waals surface area contributed by atoms with Crippen LogP contribution in [0.25, 0.3) is 0 Å². The zero-order valence-electron chi connectivity index (χ0n) is 8.93. The van der Waals surface area contributed by atoms with Crippen LogP contribution in [0.15, 0.2) is 13.8 Å². The minimum absolute atomic E-state index is 0.00463. The van der Waals surface area contributed by atoms with Gasteiger partial charge in [-0.2, -0.15) is 9.55 Å². The smallest absolute Gasteiger partial charge is 0.316 e. The van der Waals surface area contributed by atoms with Gasteiger partial charge in [0, 0.05) is 0 Å². The maximum Gasteiger partial charge on any atom is 0.316 e. The molecule has 0 saturated heterocycles. The minimum Gasteiger partial charge on any atom is -0.381 e. The first kappa shape index (κ1) is 12.2. The van der Waals surface area contributed by atoms with Gasteiger partial charge in [-0.25, -0.2) is 4.39 Å². The Hall–Kier alpha value is -1.92. The maximum atomic E-state index is 12.3. The molecule has 2 aromatic rings. The second-order valence-electron chi connectivity index (χ2n) is 3.04. The van der Waals surface area contributed by atoms with E-state index in [1.807, 2.05) is 5.16 Å². The Morgan fingerprint density at radius 3 is 1.88 bits per heavy atom. The van der Waals surface area contributed by atoms with Gasteiger partial charge in [0.2, 0.25) is 5.82 Å². The molecule has 16 heavy (non-hydrogen) atoms. The molecule has 0 unspecified atom stereocenters. The lowest BCUT2D eigenvalue weighted by Crippen LogP contribution is -2.01. The van der Waals surface area contributed by atoms with Crippen LogP contribution in [0.5, 0.6) is 0 Å². The number of nitrogens with one attached hydrogen (secondary N) is 1. The number of rotatable bonds is 0. The molecule has 2 heterocycles. The Morgan fingerprint density at radius 1 is 1.12 bits per heavy atom. The maximum absolute atomic E-state index is 12.3. The first-order valence-electron chi connectivity index (χ1n) is 4.35. The second kappa shape index (κ2) is 4.73. The van der Waals surface area contributed by atoms with E-state index in [4.69, 9.17) is 0 Å². The van der Waals surface area contributed by atoms with Crippen molar-refractivity contribution >= 4 is 0 Å². The summed E-state index contributed by atoms with van der Waals surface area (Å²) in [5.41, 5.74) is -0.481. The van der Waals surface area contributed by atoms with E-state index in [1.54, 1.807) is 6.92 Å². The Kier molecular flexibility index (Phi) is 3.60. The third kappa shape index (κ3) is 2.56. The van der Waals surface area contributed by atoms with E-state index in [0.717, 1.165) is 0 Å². The van der Waals surface area contributed by atoms with Gasteiger partial charge in [0.15, 0.2) is 17.3 Å². The summed E-state index contributed by atoms with van der Waals surface area (Å²) in [6, 6.07) is 0. The van der Waals surface area contributed by atoms with E-state index in [-0.39, 0.29) is 17.3 Å². The standard InChI is InChI=1S/C5H6FNO.C4H4FNO2/c1-3-5(6)4(2)8-7-3;1-2-3(5)4(7)6-8-2/h1-2H3;1H3,(H,6,7). The third-order valence-corrected chi connectivity index (χ3v) is 1.75. The van der Waals surface area contributed by atoms with Crippen molar-refractivity contribution in [1.29, 1.82) is 0 Å². The van der Waals surface area contributed by atoms with Gasteiger partial charge >= 0.3 is 5.56 Å². The van der Waals surface area contributed by atoms with Crippen molar-refractivity contribution < 1.29 is 17.8 Å². The Labute approximate surface area is 89.0 Å². The molecule has 0 aromatic carbocycles. The number of halogens is 2. The van der Waals surface area contributed by atoms with Crippen LogP contribution in [-0.2, 0) is 0 Å². The number of aromatic amines is 1. The van der Waals surface area contributed by atoms with Crippen molar-refractivity contribution in [1.82, 2.24) is 10.3 Å². The summed E-state index contributed by atoms with van der Waals surface area (Å²) >= 11 is 0. The zero-order chi connectivity index (χ0) is 12.3. The molecule has 7 heteroatoms. The topological polar surface area (TPSA) is 72.0 Å². The largest absolute Gasteiger partial charge is 0.381 e. The molecule has 5 nitrogen and oxygen atoms in total. The second-order valence-corrected chi connectivity index (χ2v) is 3.04. The molecule has 0 aliphatic carbocycles. The summed E-state index contributed by atoms with van der Waals surface area (Å²) in [7, 11) is 0. The van der Waals surface area contributed by atoms with E-state index < -0.39 is 11.4 Å². The van der Waals surface area contributed by atoms with Gasteiger partial charge in [-0.15, -0.1) is 0 Å². The molecule has 88 valence electrons. The molecule has 0 spiro atoms. The van der Waals surface area contributed by atoms with Crippen molar-refractivity contribution in [3.05, 3.63) is 39.2 Å². The molecule has 1 N–H and O–H groups in total. The number of H-pyrrole nitrogens is 1. The molecule has 0 saturated carbocycles. The normalized spacial score (nSPS) is 9.81. The van der Waals surface area contributed by atoms with Crippen molar-refractivity contribution in [2.24, 2.45) is 0 Å². The molecule has 0 atom stereocenters. The number of hydrogen-bond acceptors (Lipinski definition) is 4. The van der Waals surface area contributed by atoms with Crippen LogP contribution in [0.3, 0.4) is 0 Å². The summed E-state index contributed by atoms with van der Waals surface area (Å²) in [4.78, 5) is 10.1. The highest BCUT2D eigenvalue weighted by atomic mass is 19.1. The Morgan fingerprint density at radius 2 is 1.75 bits per heavy atom. The predicted molar refractivity (Wildman–Crippen MR) is 50.0 cm³/mol. The number of nitrogens with zero attached hydrogens (tertiary/aromatic N) is 1. The fourth-order valence-corrected chi connectivity index (χ4v) is 0.844. The quantitative estimate of drug-likeness (QED) is 0.752. The van der Waals surface area contributed by atoms with E-state index >= 15 is 0 Å². The first-order valence-corrected chi connectivity index (χ1v) is 4.35. The minimum atomic E-state index is -0.843. The van der Waals surface area contributed by atoms with E-state index in [9.17, 15) is 13.6 Å². The lowest BCUT2D eigenvalue weighted by molar-refractivity contribution is 0.386. The van der Waals surface area contributed by atoms with Gasteiger partial charge in [-0.1, -0.05) is 5.16 Å². The number of aryl methyl sites for hydroxylation is 3. The predicted octanol–water partition coefficient (Wildman–Crippen LogP) is 1.85. The molecule has 0 bridgehead atoms. The summed E-state index contributed by atoms with van der Waals surface area (Å²) < 4.78 is 33.1. The van der Waals surface area contributed by atoms with Crippen LogP contribution in [-0.4, -0.2) is 10.3 Å². The fourth-order valence-electron chi connectivity index (χ4n) is 0.844. The third-order valence-electron chi connectivity index (χ3n) is 1.75. The van der Waals surface area contributed by atoms with Crippen LogP contribution in [0.1, 0.15) is 17.2 Å². The first-order chi connectivity index (χ1) is 7.43. The molecule has 2 rings (SSSR count). The Balaban J connectivity index is 0.000000160. The van der Waals surface area contributed by atoms with Crippen LogP contribution in [0.4, 0.5) is 8.78 Å². The summed E-state index contributed by atoms with van der Waals surface area (Å²) in [6.45, 7) is 4.47. The fraction of sp³-hybridized carbons (Fsp3) is 0.333. The van der Waals surface area contributed by atoms with Crippen LogP contribution in [0, 0.1) is 32.4 Å². The van der Waals surface area contributed by atoms with E-state index in [0.29, 0.717) is 5.69 Å². The van der Waals surface area contributed by atoms with Crippen molar-refractivity contribution in [3.8, 4) is 0 Å². The highest BCUT2D eigenvalue weighted by Crippen LogP contribution is 2.07. The molecule has 2 aromatic heterocycles. The average Bonchev–Trinajstić information content (AvgIpc) is 2.70. The monoisotopic (exact) mass is 232 g/mol. The molecule has 0 radical (unpaired) electrons. The molecule has 0 aliphatic rings. The summed E-state index contributed by atoms with van der Waals surface area (Å²) in [6.07, 6.45) is 0. The lowest BCUT2D eigenvalue weighted by Gasteiger charge is -1.75. The zero-order valence-corrected chi connectivity index (χ0v) is 8.93. The van der Waals surface area contributed by atoms with Gasteiger partial charge in [-0.05, 0) is 20.8 Å². The van der Waals surface area contributed by atoms with Crippen molar-refractivity contribution in [2.45, 2.75) is 20.8 Å². The van der Waals surface area contributed by atoms with Crippen LogP contribution < -0.4 is 5.56 Å². The summed E-state index contributed by atoms with van der Waals surface area (Å²) in [5.74, 6) is -0.937. The van der Waals surface area contributed by atoms with E-state index in [2.05, 4.69) is 14.2 Å². The van der Waals surface area contributed by atoms with Crippen molar-refractivity contribution in [3.63, 3.8) is 0 Å². The van der Waals surface area contributed by atoms with Gasteiger partial charge < -0.3 is 9.05 Å². The average molecular weight is 232 g/mol. The molecule has 0 amide bonds. The molecule has 0 aliphatic heterocycles. The number of hydrogen-bond donors (Lipinski definition) is 1. The highest BCUT2D eigenvalue weighted by Gasteiger charge is 2.05. The van der Waals surface area contributed by atoms with Crippen molar-refractivity contribution in [2.75, 3.05) is 0 Å². The van der Waals surface area contributed by atoms with Crippen LogP contribution in [0.2, 0.25) is 0 Å². The van der Waals surface area contributed by atoms with Gasteiger partial charge in [0.25, 0.3) is 0 Å². The SMILES string of the molecule is Cc1noc(C)c1F.Cc1o[nH]c(=O)c1F. The van der Waals surface area contributed by atoms with E-state index in [1.165, 1.54) is 13.8 Å². The van der Waals surface area contributed by atoms with Gasteiger partial charge in [0.05, 0.1) is 0 Å². The lowest BCUT2D eigenvalue weighted by atomic mass is 10.4. The highest BCUT2D eigenvalue weighted by molar-refractivity contribution is 5.04. The molecular weight excluding hydrogens is 222 g/mol. The molecule has 0 fully saturated rings. The number of aromatic nitrogens is 2. The van der Waals surface area contributed by atoms with Gasteiger partial charge in [-0.3, -0.25) is 4.79 Å². The van der Waals surface area contributed by atoms with Crippen LogP contribution >= 0.6 is 0 Å². The van der Waals surface area contributed by atoms with Gasteiger partial charge in [0.1, 0.15) is 5.69 Å². The molecular formula is C9H10F2N2O3. The summed E-state index contributed by atoms with van der Waals surface area (Å²) in [5, 5.41) is 5.20. The Bertz CT molecular complexity index is 508.